The zero-order valence-electron chi connectivity index (χ0n) is 47.6. The van der Waals surface area contributed by atoms with E-state index in [4.69, 9.17) is 34.3 Å². The fraction of sp³-hybridized carbons (Fsp3) is 0.426. The van der Waals surface area contributed by atoms with Crippen LogP contribution in [0.5, 0.6) is 11.5 Å². The van der Waals surface area contributed by atoms with Crippen LogP contribution in [-0.2, 0) is 41.1 Å². The smallest absolute Gasteiger partial charge is 0.456 e. The van der Waals surface area contributed by atoms with Crippen LogP contribution in [0.1, 0.15) is 107 Å². The number of fused-ring (bicyclic) bond motifs is 5. The standard InChI is InChI=1S/C54H67N10O17P3/c1-10-63-38-23-40-36(21-34(38)30(3)25-53(63,5)6)44(37-22-35-31(4)26-54(7,8)64(11-2)39(35)24-41(37)77-40)32-15-12-13-16-33(32)50(67)61(9)20-14-17-43(65)56-18-19-57-52(68)79-47-42(27-76-83(72,73)81-84(74,75)80-82(69,70)71)78-51(46(47)66)62-29-60-45-48(55)58-28-59-49(45)62/h12-13,15-16,21-26,28-29,42,46-47,51,66H,10-11,14,17-20,27H2,1-9H3,(H7-,55,56,57,58,59,65,68,69,70,71,72,73,74,75)/p+1/t42-,46-,47-,51-/m1/s1. The van der Waals surface area contributed by atoms with Crippen LogP contribution in [0.2, 0.25) is 0 Å². The molecule has 6 atom stereocenters. The van der Waals surface area contributed by atoms with Gasteiger partial charge in [0.25, 0.3) is 5.91 Å². The molecule has 84 heavy (non-hydrogen) atoms. The first-order valence-corrected chi connectivity index (χ1v) is 31.4. The van der Waals surface area contributed by atoms with Crippen LogP contribution in [0.25, 0.3) is 27.9 Å². The number of anilines is 2. The monoisotopic (exact) mass is 1220 g/mol. The molecule has 6 heterocycles. The number of carbonyl (C=O) groups is 3. The lowest BCUT2D eigenvalue weighted by Crippen LogP contribution is -2.49. The molecule has 4 aliphatic rings. The van der Waals surface area contributed by atoms with Crippen molar-refractivity contribution in [2.75, 3.05) is 57.0 Å². The molecule has 9 N–H and O–H groups in total. The van der Waals surface area contributed by atoms with Gasteiger partial charge in [0.2, 0.25) is 11.3 Å². The third-order valence-corrected chi connectivity index (χ3v) is 18.8. The maximum absolute atomic E-state index is 14.7. The Labute approximate surface area is 482 Å². The van der Waals surface area contributed by atoms with Crippen molar-refractivity contribution in [1.29, 1.82) is 0 Å². The van der Waals surface area contributed by atoms with E-state index in [1.54, 1.807) is 11.9 Å². The summed E-state index contributed by atoms with van der Waals surface area (Å²) in [6.07, 6.45) is -0.678. The molecule has 30 heteroatoms. The molecule has 0 spiro atoms. The summed E-state index contributed by atoms with van der Waals surface area (Å²) < 4.78 is 69.7. The highest BCUT2D eigenvalue weighted by Gasteiger charge is 2.50. The van der Waals surface area contributed by atoms with Crippen LogP contribution in [0.4, 0.5) is 16.3 Å². The number of amides is 3. The van der Waals surface area contributed by atoms with Gasteiger partial charge in [0.05, 0.1) is 24.5 Å². The summed E-state index contributed by atoms with van der Waals surface area (Å²) >= 11 is 0. The van der Waals surface area contributed by atoms with Gasteiger partial charge in [-0.1, -0.05) is 24.3 Å². The van der Waals surface area contributed by atoms with Gasteiger partial charge < -0.3 is 65.1 Å². The number of aromatic nitrogens is 4. The number of benzene rings is 3. The first kappa shape index (κ1) is 61.8. The van der Waals surface area contributed by atoms with E-state index < -0.39 is 66.6 Å². The van der Waals surface area contributed by atoms with Gasteiger partial charge in [-0.05, 0) is 88.9 Å². The zero-order chi connectivity index (χ0) is 61.0. The highest BCUT2D eigenvalue weighted by Crippen LogP contribution is 2.66. The predicted molar refractivity (Wildman–Crippen MR) is 307 cm³/mol. The van der Waals surface area contributed by atoms with E-state index in [-0.39, 0.29) is 66.4 Å². The van der Waals surface area contributed by atoms with Gasteiger partial charge in [0.15, 0.2) is 29.3 Å². The Morgan fingerprint density at radius 3 is 2.30 bits per heavy atom. The van der Waals surface area contributed by atoms with Crippen LogP contribution in [0.15, 0.2) is 73.3 Å². The summed E-state index contributed by atoms with van der Waals surface area (Å²) in [5.74, 6) is 0.685. The third-order valence-electron chi connectivity index (χ3n) is 15.0. The van der Waals surface area contributed by atoms with Crippen molar-refractivity contribution in [3.05, 3.63) is 112 Å². The molecule has 4 aliphatic heterocycles. The average molecular weight is 1220 g/mol. The van der Waals surface area contributed by atoms with Gasteiger partial charge in [-0.3, -0.25) is 18.7 Å². The molecular weight excluding hydrogens is 1150 g/mol. The zero-order valence-corrected chi connectivity index (χ0v) is 50.3. The first-order chi connectivity index (χ1) is 39.4. The summed E-state index contributed by atoms with van der Waals surface area (Å²) in [6, 6.07) is 16.2. The number of rotatable bonds is 20. The van der Waals surface area contributed by atoms with Gasteiger partial charge in [-0.2, -0.15) is 8.62 Å². The van der Waals surface area contributed by atoms with Gasteiger partial charge in [-0.25, -0.2) is 38.0 Å². The number of ether oxygens (including phenoxy) is 3. The van der Waals surface area contributed by atoms with Crippen molar-refractivity contribution in [2.45, 2.75) is 104 Å². The molecule has 2 unspecified atom stereocenters. The number of aliphatic hydroxyl groups excluding tert-OH is 1. The van der Waals surface area contributed by atoms with E-state index >= 15 is 0 Å². The minimum absolute atomic E-state index is 0.01000. The van der Waals surface area contributed by atoms with E-state index in [0.717, 1.165) is 74.7 Å². The number of phosphoric acid groups is 3. The fourth-order valence-corrected chi connectivity index (χ4v) is 14.6. The Kier molecular flexibility index (Phi) is 17.4. The molecule has 0 aliphatic carbocycles. The number of imidazole rings is 1. The Morgan fingerprint density at radius 1 is 0.869 bits per heavy atom. The minimum atomic E-state index is -5.90. The van der Waals surface area contributed by atoms with Gasteiger partial charge in [-0.15, -0.1) is 0 Å². The number of allylic oxidation sites excluding steroid dienone is 2. The van der Waals surface area contributed by atoms with Crippen molar-refractivity contribution in [3.63, 3.8) is 0 Å². The van der Waals surface area contributed by atoms with Crippen LogP contribution in [0, 0.1) is 0 Å². The van der Waals surface area contributed by atoms with Crippen molar-refractivity contribution in [3.8, 4) is 11.5 Å². The molecule has 0 radical (unpaired) electrons. The number of nitrogen functional groups attached to an aromatic ring is 1. The van der Waals surface area contributed by atoms with Crippen molar-refractivity contribution in [1.82, 2.24) is 39.6 Å². The molecule has 27 nitrogen and oxygen atoms in total. The number of nitrogens with one attached hydrogen (secondary N) is 2. The fourth-order valence-electron chi connectivity index (χ4n) is 11.5. The Morgan fingerprint density at radius 2 is 1.58 bits per heavy atom. The predicted octanol–water partition coefficient (Wildman–Crippen LogP) is 4.85. The summed E-state index contributed by atoms with van der Waals surface area (Å²) in [4.78, 5) is 94.5. The van der Waals surface area contributed by atoms with Gasteiger partial charge in [0, 0.05) is 98.3 Å². The number of hydrogen-bond acceptors (Lipinski definition) is 18. The Balaban J connectivity index is 0.863. The normalized spacial score (nSPS) is 20.9. The van der Waals surface area contributed by atoms with E-state index in [2.05, 4.69) is 135 Å². The lowest BCUT2D eigenvalue weighted by Gasteiger charge is -2.43. The summed E-state index contributed by atoms with van der Waals surface area (Å²) in [6.45, 7) is 17.7. The van der Waals surface area contributed by atoms with E-state index in [9.17, 15) is 43.0 Å². The number of carbonyl (C=O) groups excluding carboxylic acids is 3. The summed E-state index contributed by atoms with van der Waals surface area (Å²) in [5, 5.41) is 18.4. The molecule has 450 valence electrons. The number of nitrogens with two attached hydrogens (primary N) is 1. The quantitative estimate of drug-likeness (QED) is 0.0287. The number of hydrogen-bond donors (Lipinski definition) is 8. The van der Waals surface area contributed by atoms with Crippen LogP contribution >= 0.6 is 23.5 Å². The van der Waals surface area contributed by atoms with Gasteiger partial charge >= 0.3 is 29.6 Å². The first-order valence-electron chi connectivity index (χ1n) is 26.9. The van der Waals surface area contributed by atoms with Crippen molar-refractivity contribution < 1.29 is 80.1 Å². The summed E-state index contributed by atoms with van der Waals surface area (Å²) in [7, 11) is -15.6. The Bertz CT molecular complexity index is 3830. The van der Waals surface area contributed by atoms with Crippen LogP contribution < -0.4 is 41.2 Å². The summed E-state index contributed by atoms with van der Waals surface area (Å²) in [5.41, 5.74) is 14.0. The SMILES string of the molecule is CCN1c2cc3c(cc2C(C)=CC1(C)C)C(c1ccccc1C(=O)N(C)CCCC(=O)NCCNC(=O)O[C@H]1[C@@H](O)[C@H](n2cnc4c(N)ncnc42)O[C@@H]1COP(=O)(O)OP(=O)(O)OP(=O)(O)O)=c1cc2c(cc1O3)=[N+](CC)C(C)(C)C=C2C. The largest absolute Gasteiger partial charge is 0.490 e. The average Bonchev–Trinajstić information content (AvgIpc) is 1.04. The van der Waals surface area contributed by atoms with Crippen LogP contribution in [0.3, 0.4) is 0 Å². The maximum atomic E-state index is 14.7. The highest BCUT2D eigenvalue weighted by atomic mass is 31.3. The number of aliphatic hydroxyl groups is 1. The van der Waals surface area contributed by atoms with E-state index in [1.165, 1.54) is 10.9 Å². The van der Waals surface area contributed by atoms with Crippen molar-refractivity contribution in [2.24, 2.45) is 0 Å². The lowest BCUT2D eigenvalue weighted by molar-refractivity contribution is -0.121. The molecule has 1 fully saturated rings. The third kappa shape index (κ3) is 12.8. The highest BCUT2D eigenvalue weighted by molar-refractivity contribution is 7.66. The molecule has 3 aromatic carbocycles. The molecule has 2 aromatic heterocycles. The molecule has 1 saturated heterocycles. The number of phosphoric ester groups is 1. The van der Waals surface area contributed by atoms with Gasteiger partial charge in [0.1, 0.15) is 42.1 Å². The second-order valence-electron chi connectivity index (χ2n) is 21.7. The molecule has 0 bridgehead atoms. The topological polar surface area (TPSA) is 362 Å². The number of alkyl carbamates (subject to hydrolysis) is 1. The molecule has 0 saturated carbocycles. The molecule has 5 aromatic rings. The molecule has 3 amide bonds. The van der Waals surface area contributed by atoms with E-state index in [1.807, 2.05) is 24.3 Å². The molecular formula is C54H68N10O17P3+. The number of likely N-dealkylation sites (N-methyl/N-ethyl adjacent to an activating group) is 2. The Hall–Kier alpha value is -6.70. The second kappa shape index (κ2) is 23.6. The second-order valence-corrected chi connectivity index (χ2v) is 26.1. The van der Waals surface area contributed by atoms with Crippen LogP contribution in [-0.4, -0.2) is 143 Å². The lowest BCUT2D eigenvalue weighted by atomic mass is 9.83. The number of nitrogens with zero attached hydrogens (tertiary/aromatic N) is 7. The minimum Gasteiger partial charge on any atom is -0.456 e. The molecule has 9 rings (SSSR count). The van der Waals surface area contributed by atoms with Crippen molar-refractivity contribution >= 4 is 80.8 Å². The maximum Gasteiger partial charge on any atom is 0.490 e. The van der Waals surface area contributed by atoms with E-state index in [0.29, 0.717) is 17.1 Å².